The Bertz CT molecular complexity index is 1250. The molecular formula is C25H19N3O. The van der Waals surface area contributed by atoms with Crippen LogP contribution in [-0.4, -0.2) is 9.97 Å². The molecule has 140 valence electrons. The number of fused-ring (bicyclic) bond motifs is 3. The predicted octanol–water partition coefficient (Wildman–Crippen LogP) is 5.53. The molecule has 4 nitrogen and oxygen atoms in total. The van der Waals surface area contributed by atoms with Gasteiger partial charge in [-0.2, -0.15) is 0 Å². The van der Waals surface area contributed by atoms with Crippen molar-refractivity contribution < 1.29 is 4.74 Å². The Morgan fingerprint density at radius 3 is 2.10 bits per heavy atom. The van der Waals surface area contributed by atoms with Crippen LogP contribution in [0.15, 0.2) is 97.2 Å². The maximum atomic E-state index is 6.40. The summed E-state index contributed by atoms with van der Waals surface area (Å²) >= 11 is 0. The average Bonchev–Trinajstić information content (AvgIpc) is 2.79. The third-order valence-electron chi connectivity index (χ3n) is 5.00. The van der Waals surface area contributed by atoms with Crippen LogP contribution in [0.2, 0.25) is 0 Å². The number of hydrogen-bond acceptors (Lipinski definition) is 4. The Morgan fingerprint density at radius 1 is 0.724 bits per heavy atom. The highest BCUT2D eigenvalue weighted by Crippen LogP contribution is 2.32. The van der Waals surface area contributed by atoms with E-state index in [1.54, 1.807) is 6.20 Å². The number of aromatic nitrogens is 2. The fourth-order valence-corrected chi connectivity index (χ4v) is 3.60. The molecule has 5 aromatic rings. The van der Waals surface area contributed by atoms with Crippen LogP contribution in [0.5, 0.6) is 5.88 Å². The average molecular weight is 377 g/mol. The zero-order chi connectivity index (χ0) is 19.6. The molecule has 0 aliphatic heterocycles. The van der Waals surface area contributed by atoms with Crippen molar-refractivity contribution in [3.63, 3.8) is 0 Å². The Kier molecular flexibility index (Phi) is 4.30. The van der Waals surface area contributed by atoms with Gasteiger partial charge in [-0.1, -0.05) is 66.7 Å². The summed E-state index contributed by atoms with van der Waals surface area (Å²) in [5.74, 6) is 0.535. The Hall–Kier alpha value is -3.92. The van der Waals surface area contributed by atoms with Gasteiger partial charge in [0, 0.05) is 28.7 Å². The summed E-state index contributed by atoms with van der Waals surface area (Å²) in [6.45, 7) is 0. The summed E-state index contributed by atoms with van der Waals surface area (Å²) in [5, 5.41) is 1.84. The van der Waals surface area contributed by atoms with E-state index in [0.29, 0.717) is 11.6 Å². The van der Waals surface area contributed by atoms with E-state index >= 15 is 0 Å². The van der Waals surface area contributed by atoms with Gasteiger partial charge in [-0.15, -0.1) is 0 Å². The zero-order valence-electron chi connectivity index (χ0n) is 15.7. The van der Waals surface area contributed by atoms with Crippen molar-refractivity contribution in [3.8, 4) is 5.88 Å². The first-order valence-electron chi connectivity index (χ1n) is 9.50. The zero-order valence-corrected chi connectivity index (χ0v) is 15.7. The van der Waals surface area contributed by atoms with E-state index in [-0.39, 0.29) is 6.10 Å². The van der Waals surface area contributed by atoms with Crippen molar-refractivity contribution in [3.05, 3.63) is 108 Å². The monoisotopic (exact) mass is 377 g/mol. The first-order valence-corrected chi connectivity index (χ1v) is 9.50. The second-order valence-corrected chi connectivity index (χ2v) is 6.91. The van der Waals surface area contributed by atoms with Gasteiger partial charge >= 0.3 is 0 Å². The minimum atomic E-state index is -0.261. The molecule has 2 N–H and O–H groups in total. The maximum Gasteiger partial charge on any atom is 0.214 e. The van der Waals surface area contributed by atoms with E-state index in [9.17, 15) is 0 Å². The molecule has 29 heavy (non-hydrogen) atoms. The third-order valence-corrected chi connectivity index (χ3v) is 5.00. The molecule has 0 fully saturated rings. The highest BCUT2D eigenvalue weighted by atomic mass is 16.5. The lowest BCUT2D eigenvalue weighted by atomic mass is 10.0. The van der Waals surface area contributed by atoms with Gasteiger partial charge in [0.2, 0.25) is 5.88 Å². The van der Waals surface area contributed by atoms with Crippen LogP contribution in [0.3, 0.4) is 0 Å². The van der Waals surface area contributed by atoms with Crippen molar-refractivity contribution in [2.75, 3.05) is 5.73 Å². The molecule has 5 rings (SSSR count). The van der Waals surface area contributed by atoms with Gasteiger partial charge in [0.1, 0.15) is 5.52 Å². The largest absolute Gasteiger partial charge is 0.465 e. The lowest BCUT2D eigenvalue weighted by molar-refractivity contribution is 0.238. The molecule has 2 heterocycles. The van der Waals surface area contributed by atoms with Gasteiger partial charge in [0.25, 0.3) is 0 Å². The lowest BCUT2D eigenvalue weighted by Crippen LogP contribution is -2.10. The Morgan fingerprint density at radius 2 is 1.41 bits per heavy atom. The number of ether oxygens (including phenoxy) is 1. The normalized spacial score (nSPS) is 11.2. The number of rotatable bonds is 4. The molecule has 0 saturated heterocycles. The van der Waals surface area contributed by atoms with E-state index in [1.165, 1.54) is 0 Å². The van der Waals surface area contributed by atoms with Crippen molar-refractivity contribution >= 4 is 27.5 Å². The molecule has 0 radical (unpaired) electrons. The van der Waals surface area contributed by atoms with Gasteiger partial charge in [-0.25, -0.2) is 4.98 Å². The summed E-state index contributed by atoms with van der Waals surface area (Å²) in [6.07, 6.45) is 1.51. The summed E-state index contributed by atoms with van der Waals surface area (Å²) in [4.78, 5) is 9.30. The minimum Gasteiger partial charge on any atom is -0.465 e. The molecule has 0 bridgehead atoms. The highest BCUT2D eigenvalue weighted by molar-refractivity contribution is 6.08. The quantitative estimate of drug-likeness (QED) is 0.330. The number of anilines is 1. The number of nitrogen functional groups attached to an aromatic ring is 1. The molecule has 3 aromatic carbocycles. The number of pyridine rings is 2. The second-order valence-electron chi connectivity index (χ2n) is 6.91. The van der Waals surface area contributed by atoms with E-state index in [4.69, 9.17) is 15.5 Å². The predicted molar refractivity (Wildman–Crippen MR) is 117 cm³/mol. The van der Waals surface area contributed by atoms with Crippen LogP contribution in [0.4, 0.5) is 5.69 Å². The third kappa shape index (κ3) is 3.25. The van der Waals surface area contributed by atoms with E-state index in [2.05, 4.69) is 29.2 Å². The second kappa shape index (κ2) is 7.24. The van der Waals surface area contributed by atoms with Crippen LogP contribution >= 0.6 is 0 Å². The van der Waals surface area contributed by atoms with Gasteiger partial charge in [0.15, 0.2) is 6.10 Å². The molecule has 0 spiro atoms. The lowest BCUT2D eigenvalue weighted by Gasteiger charge is -2.20. The first kappa shape index (κ1) is 17.2. The van der Waals surface area contributed by atoms with E-state index in [0.717, 1.165) is 32.9 Å². The van der Waals surface area contributed by atoms with Crippen LogP contribution in [0.1, 0.15) is 17.2 Å². The standard InChI is InChI=1S/C25H19N3O/c26-21-16-19-12-7-15-27-23(19)24-20(21)13-14-22(28-24)29-25(17-8-3-1-4-9-17)18-10-5-2-6-11-18/h1-16,25H,26H2. The first-order chi connectivity index (χ1) is 14.3. The molecule has 0 aliphatic rings. The smallest absolute Gasteiger partial charge is 0.214 e. The van der Waals surface area contributed by atoms with Crippen molar-refractivity contribution in [1.82, 2.24) is 9.97 Å². The van der Waals surface area contributed by atoms with Gasteiger partial charge in [0.05, 0.1) is 5.52 Å². The van der Waals surface area contributed by atoms with Crippen LogP contribution in [0.25, 0.3) is 21.8 Å². The molecule has 0 saturated carbocycles. The summed E-state index contributed by atoms with van der Waals surface area (Å²) in [7, 11) is 0. The molecule has 2 aromatic heterocycles. The van der Waals surface area contributed by atoms with Crippen molar-refractivity contribution in [2.24, 2.45) is 0 Å². The molecule has 0 atom stereocenters. The van der Waals surface area contributed by atoms with Crippen LogP contribution in [-0.2, 0) is 0 Å². The van der Waals surface area contributed by atoms with Crippen LogP contribution < -0.4 is 10.5 Å². The van der Waals surface area contributed by atoms with Crippen molar-refractivity contribution in [1.29, 1.82) is 0 Å². The summed E-state index contributed by atoms with van der Waals surface area (Å²) < 4.78 is 6.40. The fourth-order valence-electron chi connectivity index (χ4n) is 3.60. The van der Waals surface area contributed by atoms with Gasteiger partial charge in [-0.3, -0.25) is 4.98 Å². The Labute approximate surface area is 168 Å². The summed E-state index contributed by atoms with van der Waals surface area (Å²) in [6, 6.07) is 30.0. The van der Waals surface area contributed by atoms with Crippen molar-refractivity contribution in [2.45, 2.75) is 6.10 Å². The van der Waals surface area contributed by atoms with Crippen LogP contribution in [0, 0.1) is 0 Å². The number of benzene rings is 3. The fraction of sp³-hybridized carbons (Fsp3) is 0.0400. The molecule has 0 amide bonds. The minimum absolute atomic E-state index is 0.261. The number of nitrogens with zero attached hydrogens (tertiary/aromatic N) is 2. The van der Waals surface area contributed by atoms with Gasteiger partial charge < -0.3 is 10.5 Å². The summed E-state index contributed by atoms with van der Waals surface area (Å²) in [5.41, 5.74) is 10.6. The molecular weight excluding hydrogens is 358 g/mol. The van der Waals surface area contributed by atoms with Gasteiger partial charge in [-0.05, 0) is 29.3 Å². The SMILES string of the molecule is Nc1cc2cccnc2c2nc(OC(c3ccccc3)c3ccccc3)ccc12. The molecule has 4 heteroatoms. The number of nitrogens with two attached hydrogens (primary N) is 1. The van der Waals surface area contributed by atoms with E-state index in [1.807, 2.05) is 66.7 Å². The highest BCUT2D eigenvalue weighted by Gasteiger charge is 2.17. The molecule has 0 unspecified atom stereocenters. The molecule has 0 aliphatic carbocycles. The Balaban J connectivity index is 1.63. The number of hydrogen-bond donors (Lipinski definition) is 1. The topological polar surface area (TPSA) is 61.0 Å². The maximum absolute atomic E-state index is 6.40. The van der Waals surface area contributed by atoms with E-state index < -0.39 is 0 Å².